The second kappa shape index (κ2) is 9.42. The number of nitrogens with one attached hydrogen (secondary N) is 1. The van der Waals surface area contributed by atoms with Gasteiger partial charge in [-0.2, -0.15) is 0 Å². The van der Waals surface area contributed by atoms with Gasteiger partial charge >= 0.3 is 0 Å². The van der Waals surface area contributed by atoms with Crippen molar-refractivity contribution in [3.63, 3.8) is 0 Å². The van der Waals surface area contributed by atoms with Gasteiger partial charge in [-0.15, -0.1) is 11.3 Å². The Hall–Kier alpha value is -3.85. The fourth-order valence-electron chi connectivity index (χ4n) is 3.90. The van der Waals surface area contributed by atoms with Gasteiger partial charge in [0.05, 0.1) is 14.5 Å². The maximum atomic E-state index is 12.9. The molecule has 2 aromatic heterocycles. The molecule has 0 fully saturated rings. The van der Waals surface area contributed by atoms with E-state index in [9.17, 15) is 13.2 Å². The summed E-state index contributed by atoms with van der Waals surface area (Å²) in [7, 11) is -3.79. The second-order valence-electron chi connectivity index (χ2n) is 8.10. The number of carbonyl (C=O) groups is 1. The van der Waals surface area contributed by atoms with Gasteiger partial charge in [0.2, 0.25) is 10.0 Å². The molecule has 35 heavy (non-hydrogen) atoms. The van der Waals surface area contributed by atoms with Gasteiger partial charge in [-0.25, -0.2) is 13.6 Å². The van der Waals surface area contributed by atoms with Crippen molar-refractivity contribution in [2.24, 2.45) is 5.14 Å². The standard InChI is InChI=1S/C27H21N3O3S2/c28-35(32,33)22-11-9-21(10-12-22)30-27(31)25-15-23-24(16-29-17-26(23)34-25)20-8-4-7-19(14-20)13-18-5-2-1-3-6-18/h1-12,14-17H,13H2,(H,30,31)(H2,28,32,33). The number of hydrogen-bond acceptors (Lipinski definition) is 5. The highest BCUT2D eigenvalue weighted by atomic mass is 32.2. The van der Waals surface area contributed by atoms with E-state index < -0.39 is 10.0 Å². The molecule has 6 nitrogen and oxygen atoms in total. The normalized spacial score (nSPS) is 11.5. The third-order valence-electron chi connectivity index (χ3n) is 5.60. The van der Waals surface area contributed by atoms with Crippen LogP contribution in [0.1, 0.15) is 20.8 Å². The van der Waals surface area contributed by atoms with Crippen molar-refractivity contribution in [2.45, 2.75) is 11.3 Å². The number of benzene rings is 3. The Morgan fingerprint density at radius 3 is 2.37 bits per heavy atom. The molecule has 0 unspecified atom stereocenters. The Bertz CT molecular complexity index is 1630. The molecule has 0 atom stereocenters. The molecule has 0 saturated heterocycles. The lowest BCUT2D eigenvalue weighted by Crippen LogP contribution is -2.13. The lowest BCUT2D eigenvalue weighted by atomic mass is 9.98. The van der Waals surface area contributed by atoms with Crippen LogP contribution in [-0.4, -0.2) is 19.3 Å². The van der Waals surface area contributed by atoms with Gasteiger partial charge in [0.25, 0.3) is 5.91 Å². The maximum Gasteiger partial charge on any atom is 0.265 e. The second-order valence-corrected chi connectivity index (χ2v) is 10.7. The highest BCUT2D eigenvalue weighted by Crippen LogP contribution is 2.34. The van der Waals surface area contributed by atoms with Crippen molar-refractivity contribution in [3.05, 3.63) is 113 Å². The third kappa shape index (κ3) is 5.14. The average molecular weight is 500 g/mol. The summed E-state index contributed by atoms with van der Waals surface area (Å²) < 4.78 is 23.8. The monoisotopic (exact) mass is 499 g/mol. The van der Waals surface area contributed by atoms with Crippen LogP contribution in [0.5, 0.6) is 0 Å². The Labute approximate surface area is 207 Å². The quantitative estimate of drug-likeness (QED) is 0.324. The predicted octanol–water partition coefficient (Wildman–Crippen LogP) is 5.45. The highest BCUT2D eigenvalue weighted by Gasteiger charge is 2.15. The summed E-state index contributed by atoms with van der Waals surface area (Å²) >= 11 is 1.36. The molecule has 0 aliphatic rings. The number of hydrogen-bond donors (Lipinski definition) is 2. The van der Waals surface area contributed by atoms with Crippen molar-refractivity contribution in [1.29, 1.82) is 0 Å². The van der Waals surface area contributed by atoms with E-state index in [1.165, 1.54) is 46.7 Å². The molecule has 0 aliphatic heterocycles. The number of fused-ring (bicyclic) bond motifs is 1. The van der Waals surface area contributed by atoms with Gasteiger partial charge in [0.15, 0.2) is 0 Å². The summed E-state index contributed by atoms with van der Waals surface area (Å²) in [5, 5.41) is 8.90. The van der Waals surface area contributed by atoms with Crippen molar-refractivity contribution in [1.82, 2.24) is 4.98 Å². The Morgan fingerprint density at radius 2 is 1.63 bits per heavy atom. The molecule has 174 valence electrons. The minimum absolute atomic E-state index is 0.0115. The van der Waals surface area contributed by atoms with Crippen LogP contribution in [0.3, 0.4) is 0 Å². The van der Waals surface area contributed by atoms with Crippen LogP contribution < -0.4 is 10.5 Å². The van der Waals surface area contributed by atoms with Crippen LogP contribution in [0.25, 0.3) is 21.2 Å². The number of amides is 1. The van der Waals surface area contributed by atoms with Gasteiger partial charge in [0, 0.05) is 29.0 Å². The van der Waals surface area contributed by atoms with Crippen LogP contribution in [0.4, 0.5) is 5.69 Å². The number of rotatable bonds is 6. The van der Waals surface area contributed by atoms with Crippen LogP contribution in [0.15, 0.2) is 102 Å². The lowest BCUT2D eigenvalue weighted by molar-refractivity contribution is 0.103. The molecule has 0 saturated carbocycles. The van der Waals surface area contributed by atoms with Crippen LogP contribution in [-0.2, 0) is 16.4 Å². The zero-order valence-electron chi connectivity index (χ0n) is 18.5. The average Bonchev–Trinajstić information content (AvgIpc) is 3.29. The number of carbonyl (C=O) groups excluding carboxylic acids is 1. The van der Waals surface area contributed by atoms with Gasteiger partial charge in [0.1, 0.15) is 0 Å². The van der Waals surface area contributed by atoms with Crippen molar-refractivity contribution in [3.8, 4) is 11.1 Å². The van der Waals surface area contributed by atoms with E-state index in [0.717, 1.165) is 27.6 Å². The first-order valence-corrected chi connectivity index (χ1v) is 13.2. The fourth-order valence-corrected chi connectivity index (χ4v) is 5.37. The highest BCUT2D eigenvalue weighted by molar-refractivity contribution is 7.89. The topological polar surface area (TPSA) is 102 Å². The molecule has 0 bridgehead atoms. The summed E-state index contributed by atoms with van der Waals surface area (Å²) in [6.45, 7) is 0. The summed E-state index contributed by atoms with van der Waals surface area (Å²) in [5.41, 5.74) is 4.92. The van der Waals surface area contributed by atoms with Crippen LogP contribution in [0, 0.1) is 0 Å². The van der Waals surface area contributed by atoms with E-state index in [-0.39, 0.29) is 10.8 Å². The van der Waals surface area contributed by atoms with Gasteiger partial charge in [-0.3, -0.25) is 9.78 Å². The first-order valence-electron chi connectivity index (χ1n) is 10.8. The van der Waals surface area contributed by atoms with Crippen LogP contribution in [0.2, 0.25) is 0 Å². The van der Waals surface area contributed by atoms with E-state index in [0.29, 0.717) is 10.6 Å². The number of nitrogens with zero attached hydrogens (tertiary/aromatic N) is 1. The van der Waals surface area contributed by atoms with Crippen molar-refractivity contribution in [2.75, 3.05) is 5.32 Å². The number of anilines is 1. The Balaban J connectivity index is 1.42. The first kappa shape index (κ1) is 22.9. The molecule has 8 heteroatoms. The molecule has 0 radical (unpaired) electrons. The summed E-state index contributed by atoms with van der Waals surface area (Å²) in [5.74, 6) is -0.279. The zero-order chi connectivity index (χ0) is 24.4. The van der Waals surface area contributed by atoms with E-state index in [1.807, 2.05) is 36.5 Å². The Morgan fingerprint density at radius 1 is 0.886 bits per heavy atom. The number of sulfonamides is 1. The van der Waals surface area contributed by atoms with Crippen LogP contribution >= 0.6 is 11.3 Å². The molecule has 3 aromatic carbocycles. The molecule has 0 spiro atoms. The number of primary sulfonamides is 1. The summed E-state index contributed by atoms with van der Waals surface area (Å²) in [4.78, 5) is 17.8. The van der Waals surface area contributed by atoms with E-state index in [4.69, 9.17) is 5.14 Å². The molecular weight excluding hydrogens is 478 g/mol. The molecule has 0 aliphatic carbocycles. The fraction of sp³-hybridized carbons (Fsp3) is 0.0370. The largest absolute Gasteiger partial charge is 0.321 e. The predicted molar refractivity (Wildman–Crippen MR) is 140 cm³/mol. The number of thiophene rings is 1. The number of pyridine rings is 1. The molecule has 2 heterocycles. The zero-order valence-corrected chi connectivity index (χ0v) is 20.1. The van der Waals surface area contributed by atoms with E-state index in [1.54, 1.807) is 6.20 Å². The minimum atomic E-state index is -3.79. The minimum Gasteiger partial charge on any atom is -0.321 e. The molecule has 5 rings (SSSR count). The maximum absolute atomic E-state index is 12.9. The summed E-state index contributed by atoms with van der Waals surface area (Å²) in [6, 6.07) is 26.3. The molecule has 1 amide bonds. The smallest absolute Gasteiger partial charge is 0.265 e. The SMILES string of the molecule is NS(=O)(=O)c1ccc(NC(=O)c2cc3c(-c4cccc(Cc5ccccc5)c4)cncc3s2)cc1. The summed E-state index contributed by atoms with van der Waals surface area (Å²) in [6.07, 6.45) is 4.42. The molecular formula is C27H21N3O3S2. The lowest BCUT2D eigenvalue weighted by Gasteiger charge is -2.07. The van der Waals surface area contributed by atoms with Crippen molar-refractivity contribution < 1.29 is 13.2 Å². The number of aromatic nitrogens is 1. The van der Waals surface area contributed by atoms with E-state index in [2.05, 4.69) is 40.6 Å². The third-order valence-corrected chi connectivity index (χ3v) is 7.60. The van der Waals surface area contributed by atoms with Gasteiger partial charge in [-0.05, 0) is 53.4 Å². The number of nitrogens with two attached hydrogens (primary N) is 1. The van der Waals surface area contributed by atoms with Crippen molar-refractivity contribution >= 4 is 43.0 Å². The first-order chi connectivity index (χ1) is 16.9. The van der Waals surface area contributed by atoms with E-state index >= 15 is 0 Å². The van der Waals surface area contributed by atoms with Gasteiger partial charge < -0.3 is 5.32 Å². The Kier molecular flexibility index (Phi) is 6.17. The molecule has 3 N–H and O–H groups in total. The molecule has 5 aromatic rings. The van der Waals surface area contributed by atoms with Gasteiger partial charge in [-0.1, -0.05) is 54.6 Å².